The van der Waals surface area contributed by atoms with Gasteiger partial charge in [0.2, 0.25) is 0 Å². The molecular formula is C10H22N2O. The number of rotatable bonds is 3. The summed E-state index contributed by atoms with van der Waals surface area (Å²) in [5, 5.41) is 12.4. The summed E-state index contributed by atoms with van der Waals surface area (Å²) in [6, 6.07) is 0.875. The van der Waals surface area contributed by atoms with Gasteiger partial charge in [0.25, 0.3) is 0 Å². The van der Waals surface area contributed by atoms with Crippen LogP contribution >= 0.6 is 0 Å². The molecule has 1 aliphatic heterocycles. The number of hydrogen-bond acceptors (Lipinski definition) is 3. The molecule has 3 nitrogen and oxygen atoms in total. The van der Waals surface area contributed by atoms with Crippen molar-refractivity contribution in [2.75, 3.05) is 26.2 Å². The average molecular weight is 186 g/mol. The minimum absolute atomic E-state index is 0.251. The molecule has 0 saturated carbocycles. The summed E-state index contributed by atoms with van der Waals surface area (Å²) in [4.78, 5) is 2.46. The molecule has 78 valence electrons. The Morgan fingerprint density at radius 3 is 2.77 bits per heavy atom. The van der Waals surface area contributed by atoms with E-state index in [-0.39, 0.29) is 12.6 Å². The second-order valence-corrected chi connectivity index (χ2v) is 4.48. The van der Waals surface area contributed by atoms with E-state index in [0.29, 0.717) is 12.0 Å². The molecule has 1 fully saturated rings. The Bertz CT molecular complexity index is 150. The van der Waals surface area contributed by atoms with Crippen molar-refractivity contribution in [2.45, 2.75) is 32.9 Å². The fourth-order valence-corrected chi connectivity index (χ4v) is 1.84. The van der Waals surface area contributed by atoms with Crippen LogP contribution in [0.4, 0.5) is 0 Å². The van der Waals surface area contributed by atoms with Gasteiger partial charge in [0, 0.05) is 31.7 Å². The molecule has 3 heteroatoms. The van der Waals surface area contributed by atoms with Gasteiger partial charge in [-0.05, 0) is 12.8 Å². The van der Waals surface area contributed by atoms with Crippen LogP contribution in [0.5, 0.6) is 0 Å². The first kappa shape index (κ1) is 11.0. The molecule has 0 radical (unpaired) electrons. The summed E-state index contributed by atoms with van der Waals surface area (Å²) < 4.78 is 0. The van der Waals surface area contributed by atoms with Crippen LogP contribution in [-0.4, -0.2) is 48.3 Å². The molecule has 1 aliphatic rings. The molecule has 0 amide bonds. The predicted octanol–water partition coefficient (Wildman–Crippen LogP) is 0.297. The minimum atomic E-state index is 0.251. The van der Waals surface area contributed by atoms with E-state index >= 15 is 0 Å². The fourth-order valence-electron chi connectivity index (χ4n) is 1.84. The normalized spacial score (nSPS) is 31.2. The highest BCUT2D eigenvalue weighted by molar-refractivity contribution is 4.83. The maximum atomic E-state index is 9.04. The fraction of sp³-hybridized carbons (Fsp3) is 1.00. The molecule has 0 aromatic carbocycles. The van der Waals surface area contributed by atoms with Crippen molar-refractivity contribution in [3.05, 3.63) is 0 Å². The van der Waals surface area contributed by atoms with Crippen LogP contribution in [0, 0.1) is 5.92 Å². The van der Waals surface area contributed by atoms with E-state index in [9.17, 15) is 0 Å². The van der Waals surface area contributed by atoms with E-state index in [0.717, 1.165) is 19.6 Å². The van der Waals surface area contributed by atoms with Crippen LogP contribution in [0.2, 0.25) is 0 Å². The molecule has 0 bridgehead atoms. The van der Waals surface area contributed by atoms with E-state index in [1.54, 1.807) is 0 Å². The quantitative estimate of drug-likeness (QED) is 0.665. The molecule has 1 rings (SSSR count). The van der Waals surface area contributed by atoms with Crippen LogP contribution < -0.4 is 5.32 Å². The largest absolute Gasteiger partial charge is 0.395 e. The summed E-state index contributed by atoms with van der Waals surface area (Å²) in [6.45, 7) is 10.1. The zero-order valence-corrected chi connectivity index (χ0v) is 8.95. The predicted molar refractivity (Wildman–Crippen MR) is 54.7 cm³/mol. The van der Waals surface area contributed by atoms with Crippen molar-refractivity contribution in [2.24, 2.45) is 5.92 Å². The van der Waals surface area contributed by atoms with Gasteiger partial charge in [-0.1, -0.05) is 13.8 Å². The first-order valence-electron chi connectivity index (χ1n) is 5.21. The summed E-state index contributed by atoms with van der Waals surface area (Å²) in [5.74, 6) is 0.708. The van der Waals surface area contributed by atoms with Crippen LogP contribution in [0.25, 0.3) is 0 Å². The lowest BCUT2D eigenvalue weighted by molar-refractivity contribution is 0.0984. The van der Waals surface area contributed by atoms with Gasteiger partial charge in [0.05, 0.1) is 6.61 Å². The Labute approximate surface area is 81.1 Å². The third-order valence-electron chi connectivity index (χ3n) is 2.60. The van der Waals surface area contributed by atoms with Crippen molar-refractivity contribution in [3.8, 4) is 0 Å². The molecule has 0 spiro atoms. The van der Waals surface area contributed by atoms with Crippen molar-refractivity contribution < 1.29 is 5.11 Å². The van der Waals surface area contributed by atoms with Gasteiger partial charge < -0.3 is 10.4 Å². The number of piperazine rings is 1. The van der Waals surface area contributed by atoms with Crippen molar-refractivity contribution in [1.82, 2.24) is 10.2 Å². The number of aliphatic hydroxyl groups excluding tert-OH is 1. The van der Waals surface area contributed by atoms with Crippen molar-refractivity contribution in [1.29, 1.82) is 0 Å². The number of hydrogen-bond donors (Lipinski definition) is 2. The second kappa shape index (κ2) is 4.94. The first-order chi connectivity index (χ1) is 6.13. The van der Waals surface area contributed by atoms with E-state index in [1.165, 1.54) is 0 Å². The number of aliphatic hydroxyl groups is 1. The first-order valence-corrected chi connectivity index (χ1v) is 5.21. The van der Waals surface area contributed by atoms with Gasteiger partial charge in [0.15, 0.2) is 0 Å². The van der Waals surface area contributed by atoms with Gasteiger partial charge >= 0.3 is 0 Å². The van der Waals surface area contributed by atoms with E-state index in [2.05, 4.69) is 31.0 Å². The topological polar surface area (TPSA) is 35.5 Å². The molecule has 1 saturated heterocycles. The Morgan fingerprint density at radius 2 is 2.23 bits per heavy atom. The van der Waals surface area contributed by atoms with Gasteiger partial charge in [-0.3, -0.25) is 4.90 Å². The Balaban J connectivity index is 2.40. The standard InChI is InChI=1S/C10H22N2O/c1-8(2)5-12-6-10(7-13)11-4-9(12)3/h8-11,13H,4-7H2,1-3H3. The van der Waals surface area contributed by atoms with Gasteiger partial charge in [0.1, 0.15) is 0 Å². The molecule has 2 atom stereocenters. The second-order valence-electron chi connectivity index (χ2n) is 4.48. The molecule has 2 unspecified atom stereocenters. The van der Waals surface area contributed by atoms with Crippen molar-refractivity contribution in [3.63, 3.8) is 0 Å². The third kappa shape index (κ3) is 3.25. The lowest BCUT2D eigenvalue weighted by Gasteiger charge is -2.39. The zero-order chi connectivity index (χ0) is 9.84. The maximum absolute atomic E-state index is 9.04. The lowest BCUT2D eigenvalue weighted by atomic mass is 10.1. The zero-order valence-electron chi connectivity index (χ0n) is 8.95. The highest BCUT2D eigenvalue weighted by Crippen LogP contribution is 2.09. The monoisotopic (exact) mass is 186 g/mol. The van der Waals surface area contributed by atoms with Crippen LogP contribution in [0.1, 0.15) is 20.8 Å². The number of nitrogens with zero attached hydrogens (tertiary/aromatic N) is 1. The van der Waals surface area contributed by atoms with Gasteiger partial charge in [-0.25, -0.2) is 0 Å². The van der Waals surface area contributed by atoms with E-state index in [4.69, 9.17) is 5.11 Å². The van der Waals surface area contributed by atoms with E-state index in [1.807, 2.05) is 0 Å². The van der Waals surface area contributed by atoms with Crippen LogP contribution in [-0.2, 0) is 0 Å². The Kier molecular flexibility index (Phi) is 4.16. The molecule has 0 aromatic heterocycles. The average Bonchev–Trinajstić information content (AvgIpc) is 2.08. The minimum Gasteiger partial charge on any atom is -0.395 e. The molecule has 2 N–H and O–H groups in total. The van der Waals surface area contributed by atoms with Crippen molar-refractivity contribution >= 4 is 0 Å². The molecular weight excluding hydrogens is 164 g/mol. The molecule has 13 heavy (non-hydrogen) atoms. The Hall–Kier alpha value is -0.120. The number of nitrogens with one attached hydrogen (secondary N) is 1. The van der Waals surface area contributed by atoms with Crippen LogP contribution in [0.15, 0.2) is 0 Å². The summed E-state index contributed by atoms with van der Waals surface area (Å²) in [5.41, 5.74) is 0. The summed E-state index contributed by atoms with van der Waals surface area (Å²) in [7, 11) is 0. The maximum Gasteiger partial charge on any atom is 0.0597 e. The third-order valence-corrected chi connectivity index (χ3v) is 2.60. The van der Waals surface area contributed by atoms with E-state index < -0.39 is 0 Å². The molecule has 1 heterocycles. The SMILES string of the molecule is CC(C)CN1CC(CO)NCC1C. The van der Waals surface area contributed by atoms with Crippen LogP contribution in [0.3, 0.4) is 0 Å². The Morgan fingerprint density at radius 1 is 1.54 bits per heavy atom. The highest BCUT2D eigenvalue weighted by atomic mass is 16.3. The summed E-state index contributed by atoms with van der Waals surface area (Å²) >= 11 is 0. The molecule has 0 aliphatic carbocycles. The summed E-state index contributed by atoms with van der Waals surface area (Å²) in [6.07, 6.45) is 0. The smallest absolute Gasteiger partial charge is 0.0597 e. The van der Waals surface area contributed by atoms with Gasteiger partial charge in [-0.2, -0.15) is 0 Å². The highest BCUT2D eigenvalue weighted by Gasteiger charge is 2.24. The molecule has 0 aromatic rings. The van der Waals surface area contributed by atoms with Gasteiger partial charge in [-0.15, -0.1) is 0 Å². The lowest BCUT2D eigenvalue weighted by Crippen LogP contribution is -2.57.